The van der Waals surface area contributed by atoms with Gasteiger partial charge in [0.2, 0.25) is 21.8 Å². The second-order valence-electron chi connectivity index (χ2n) is 9.63. The van der Waals surface area contributed by atoms with Gasteiger partial charge in [-0.2, -0.15) is 0 Å². The number of nitrogens with zero attached hydrogens (tertiary/aromatic N) is 2. The Morgan fingerprint density at radius 1 is 1.11 bits per heavy atom. The highest BCUT2D eigenvalue weighted by molar-refractivity contribution is 7.92. The van der Waals surface area contributed by atoms with Crippen LogP contribution >= 0.6 is 11.6 Å². The number of amides is 2. The number of rotatable bonds is 10. The van der Waals surface area contributed by atoms with E-state index in [1.807, 2.05) is 45.0 Å². The van der Waals surface area contributed by atoms with Gasteiger partial charge >= 0.3 is 0 Å². The molecule has 1 unspecified atom stereocenters. The molecule has 0 bridgehead atoms. The molecular formula is C27H36ClN3O4S. The zero-order valence-corrected chi connectivity index (χ0v) is 23.0. The lowest BCUT2D eigenvalue weighted by Crippen LogP contribution is -2.53. The maximum absolute atomic E-state index is 13.8. The monoisotopic (exact) mass is 533 g/mol. The van der Waals surface area contributed by atoms with Gasteiger partial charge in [-0.3, -0.25) is 13.9 Å². The molecule has 196 valence electrons. The summed E-state index contributed by atoms with van der Waals surface area (Å²) in [5.41, 5.74) is 3.02. The highest BCUT2D eigenvalue weighted by atomic mass is 35.5. The van der Waals surface area contributed by atoms with Crippen LogP contribution in [0.5, 0.6) is 0 Å². The number of carbonyl (C=O) groups excluding carboxylic acids is 2. The first kappa shape index (κ1) is 28.0. The minimum Gasteiger partial charge on any atom is -0.352 e. The van der Waals surface area contributed by atoms with E-state index in [-0.39, 0.29) is 18.5 Å². The number of sulfonamides is 1. The van der Waals surface area contributed by atoms with E-state index in [9.17, 15) is 18.0 Å². The molecule has 36 heavy (non-hydrogen) atoms. The summed E-state index contributed by atoms with van der Waals surface area (Å²) in [4.78, 5) is 28.6. The molecule has 0 spiro atoms. The molecule has 1 N–H and O–H groups in total. The molecule has 1 aliphatic rings. The number of hydrogen-bond donors (Lipinski definition) is 1. The molecule has 1 aliphatic carbocycles. The second kappa shape index (κ2) is 12.1. The van der Waals surface area contributed by atoms with Crippen LogP contribution in [0.1, 0.15) is 55.7 Å². The van der Waals surface area contributed by atoms with Gasteiger partial charge in [0.25, 0.3) is 0 Å². The van der Waals surface area contributed by atoms with Crippen LogP contribution in [-0.4, -0.2) is 50.0 Å². The summed E-state index contributed by atoms with van der Waals surface area (Å²) in [6.45, 7) is 5.41. The van der Waals surface area contributed by atoms with Crippen molar-refractivity contribution in [3.63, 3.8) is 0 Å². The molecule has 0 aliphatic heterocycles. The number of halogens is 1. The molecular weight excluding hydrogens is 498 g/mol. The summed E-state index contributed by atoms with van der Waals surface area (Å²) in [5, 5.41) is 3.52. The normalized spacial score (nSPS) is 14.9. The van der Waals surface area contributed by atoms with Gasteiger partial charge in [0.1, 0.15) is 12.6 Å². The molecule has 0 aromatic heterocycles. The fourth-order valence-electron chi connectivity index (χ4n) is 4.64. The third kappa shape index (κ3) is 7.23. The third-order valence-corrected chi connectivity index (χ3v) is 8.19. The first-order valence-electron chi connectivity index (χ1n) is 12.4. The van der Waals surface area contributed by atoms with Crippen molar-refractivity contribution in [2.24, 2.45) is 0 Å². The zero-order chi connectivity index (χ0) is 26.5. The molecule has 1 atom stereocenters. The fourth-order valence-corrected chi connectivity index (χ4v) is 5.66. The molecule has 7 nitrogen and oxygen atoms in total. The van der Waals surface area contributed by atoms with Crippen LogP contribution in [-0.2, 0) is 26.2 Å². The van der Waals surface area contributed by atoms with Gasteiger partial charge < -0.3 is 10.2 Å². The molecule has 0 radical (unpaired) electrons. The fraction of sp³-hybridized carbons (Fsp3) is 0.481. The third-order valence-electron chi connectivity index (χ3n) is 6.65. The van der Waals surface area contributed by atoms with Crippen LogP contribution in [0.4, 0.5) is 5.69 Å². The summed E-state index contributed by atoms with van der Waals surface area (Å²) in [6, 6.07) is 12.0. The van der Waals surface area contributed by atoms with E-state index < -0.39 is 28.5 Å². The van der Waals surface area contributed by atoms with E-state index in [4.69, 9.17) is 11.6 Å². The average Bonchev–Trinajstić information content (AvgIpc) is 3.31. The Kier molecular flexibility index (Phi) is 9.41. The molecule has 2 amide bonds. The van der Waals surface area contributed by atoms with Crippen molar-refractivity contribution >= 4 is 39.1 Å². The van der Waals surface area contributed by atoms with E-state index >= 15 is 0 Å². The van der Waals surface area contributed by atoms with Crippen molar-refractivity contribution in [3.05, 3.63) is 64.2 Å². The number of aryl methyl sites for hydroxylation is 2. The number of hydrogen-bond acceptors (Lipinski definition) is 4. The standard InChI is InChI=1S/C27H36ClN3O4S/c1-5-25(27(33)29-22-11-6-7-12-22)30(17-21-10-8-9-19(2)15-21)26(32)18-31(36(4,34)35)23-14-13-20(3)24(28)16-23/h8-10,13-16,22,25H,5-7,11-12,17-18H2,1-4H3,(H,29,33). The molecule has 9 heteroatoms. The molecule has 1 saturated carbocycles. The van der Waals surface area contributed by atoms with Gasteiger partial charge in [0, 0.05) is 17.6 Å². The van der Waals surface area contributed by atoms with E-state index in [0.29, 0.717) is 17.1 Å². The van der Waals surface area contributed by atoms with Crippen molar-refractivity contribution in [1.82, 2.24) is 10.2 Å². The van der Waals surface area contributed by atoms with Gasteiger partial charge in [0.15, 0.2) is 0 Å². The Morgan fingerprint density at radius 2 is 1.81 bits per heavy atom. The Bertz CT molecular complexity index is 1200. The second-order valence-corrected chi connectivity index (χ2v) is 11.9. The molecule has 1 fully saturated rings. The molecule has 0 saturated heterocycles. The first-order valence-corrected chi connectivity index (χ1v) is 14.6. The predicted molar refractivity (Wildman–Crippen MR) is 145 cm³/mol. The van der Waals surface area contributed by atoms with Gasteiger partial charge in [0.05, 0.1) is 11.9 Å². The van der Waals surface area contributed by atoms with Crippen molar-refractivity contribution in [2.45, 2.75) is 71.5 Å². The molecule has 3 rings (SSSR count). The van der Waals surface area contributed by atoms with Crippen LogP contribution in [0.3, 0.4) is 0 Å². The van der Waals surface area contributed by atoms with Crippen LogP contribution in [0.2, 0.25) is 5.02 Å². The van der Waals surface area contributed by atoms with Crippen molar-refractivity contribution in [2.75, 3.05) is 17.1 Å². The van der Waals surface area contributed by atoms with Gasteiger partial charge in [-0.1, -0.05) is 67.3 Å². The maximum atomic E-state index is 13.8. The Labute approximate surface area is 219 Å². The number of anilines is 1. The largest absolute Gasteiger partial charge is 0.352 e. The minimum absolute atomic E-state index is 0.115. The van der Waals surface area contributed by atoms with E-state index in [1.54, 1.807) is 18.2 Å². The Hall–Kier alpha value is -2.58. The topological polar surface area (TPSA) is 86.8 Å². The summed E-state index contributed by atoms with van der Waals surface area (Å²) in [6.07, 6.45) is 5.49. The Morgan fingerprint density at radius 3 is 2.39 bits per heavy atom. The van der Waals surface area contributed by atoms with Crippen LogP contribution < -0.4 is 9.62 Å². The lowest BCUT2D eigenvalue weighted by atomic mass is 10.1. The highest BCUT2D eigenvalue weighted by Crippen LogP contribution is 2.26. The van der Waals surface area contributed by atoms with Crippen molar-refractivity contribution in [1.29, 1.82) is 0 Å². The average molecular weight is 534 g/mol. The minimum atomic E-state index is -3.80. The van der Waals surface area contributed by atoms with Gasteiger partial charge in [-0.05, 0) is 56.4 Å². The number of carbonyl (C=O) groups is 2. The molecule has 2 aromatic rings. The van der Waals surface area contributed by atoms with E-state index in [1.165, 1.54) is 4.90 Å². The zero-order valence-electron chi connectivity index (χ0n) is 21.5. The van der Waals surface area contributed by atoms with Crippen LogP contribution in [0.15, 0.2) is 42.5 Å². The van der Waals surface area contributed by atoms with E-state index in [0.717, 1.165) is 52.9 Å². The first-order chi connectivity index (χ1) is 17.0. The summed E-state index contributed by atoms with van der Waals surface area (Å²) >= 11 is 6.25. The summed E-state index contributed by atoms with van der Waals surface area (Å²) in [5.74, 6) is -0.651. The van der Waals surface area contributed by atoms with Gasteiger partial charge in [-0.15, -0.1) is 0 Å². The maximum Gasteiger partial charge on any atom is 0.244 e. The lowest BCUT2D eigenvalue weighted by molar-refractivity contribution is -0.140. The van der Waals surface area contributed by atoms with Crippen molar-refractivity contribution < 1.29 is 18.0 Å². The van der Waals surface area contributed by atoms with Crippen molar-refractivity contribution in [3.8, 4) is 0 Å². The summed E-state index contributed by atoms with van der Waals surface area (Å²) in [7, 11) is -3.80. The van der Waals surface area contributed by atoms with E-state index in [2.05, 4.69) is 5.32 Å². The SMILES string of the molecule is CCC(C(=O)NC1CCCC1)N(Cc1cccc(C)c1)C(=O)CN(c1ccc(C)c(Cl)c1)S(C)(=O)=O. The summed E-state index contributed by atoms with van der Waals surface area (Å²) < 4.78 is 26.5. The number of benzene rings is 2. The molecule has 2 aromatic carbocycles. The smallest absolute Gasteiger partial charge is 0.244 e. The van der Waals surface area contributed by atoms with Crippen LogP contribution in [0, 0.1) is 13.8 Å². The predicted octanol–water partition coefficient (Wildman–Crippen LogP) is 4.59. The van der Waals surface area contributed by atoms with Gasteiger partial charge in [-0.25, -0.2) is 8.42 Å². The molecule has 0 heterocycles. The number of nitrogens with one attached hydrogen (secondary N) is 1. The van der Waals surface area contributed by atoms with Crippen LogP contribution in [0.25, 0.3) is 0 Å². The quantitative estimate of drug-likeness (QED) is 0.484. The Balaban J connectivity index is 1.93. The lowest BCUT2D eigenvalue weighted by Gasteiger charge is -2.33. The highest BCUT2D eigenvalue weighted by Gasteiger charge is 2.33.